The zero-order chi connectivity index (χ0) is 13.1. The molecule has 0 amide bonds. The number of allylic oxidation sites excluding steroid dienone is 1. The first-order chi connectivity index (χ1) is 8.56. The summed E-state index contributed by atoms with van der Waals surface area (Å²) in [5.74, 6) is 0. The van der Waals surface area contributed by atoms with E-state index >= 15 is 0 Å². The summed E-state index contributed by atoms with van der Waals surface area (Å²) in [6.45, 7) is 6.12. The van der Waals surface area contributed by atoms with Crippen molar-refractivity contribution in [3.8, 4) is 11.3 Å². The van der Waals surface area contributed by atoms with Crippen molar-refractivity contribution in [3.63, 3.8) is 0 Å². The molecule has 0 bridgehead atoms. The van der Waals surface area contributed by atoms with Crippen LogP contribution in [0.3, 0.4) is 0 Å². The number of halogens is 1. The Balaban J connectivity index is 2.43. The fraction of sp³-hybridized carbons (Fsp3) is 0.143. The second-order valence-electron chi connectivity index (χ2n) is 4.18. The maximum Gasteiger partial charge on any atom is 0.267 e. The van der Waals surface area contributed by atoms with Crippen molar-refractivity contribution in [1.82, 2.24) is 9.78 Å². The highest BCUT2D eigenvalue weighted by Crippen LogP contribution is 2.18. The predicted octanol–water partition coefficient (Wildman–Crippen LogP) is 3.25. The van der Waals surface area contributed by atoms with Crippen LogP contribution in [0.25, 0.3) is 11.3 Å². The van der Waals surface area contributed by atoms with E-state index in [9.17, 15) is 4.79 Å². The minimum absolute atomic E-state index is 0.112. The van der Waals surface area contributed by atoms with E-state index in [2.05, 4.69) is 27.6 Å². The zero-order valence-corrected chi connectivity index (χ0v) is 11.6. The molecule has 1 heterocycles. The van der Waals surface area contributed by atoms with Gasteiger partial charge >= 0.3 is 0 Å². The second-order valence-corrected chi connectivity index (χ2v) is 5.09. The topological polar surface area (TPSA) is 34.9 Å². The highest BCUT2D eigenvalue weighted by molar-refractivity contribution is 9.10. The third-order valence-corrected chi connectivity index (χ3v) is 2.95. The fourth-order valence-corrected chi connectivity index (χ4v) is 1.86. The van der Waals surface area contributed by atoms with E-state index in [0.717, 1.165) is 21.3 Å². The molecule has 0 aliphatic rings. The van der Waals surface area contributed by atoms with Gasteiger partial charge in [0, 0.05) is 16.1 Å². The lowest BCUT2D eigenvalue weighted by Crippen LogP contribution is -2.22. The molecular weight excluding hydrogens is 292 g/mol. The Bertz CT molecular complexity index is 629. The molecule has 0 spiro atoms. The first-order valence-corrected chi connectivity index (χ1v) is 6.34. The van der Waals surface area contributed by atoms with E-state index in [4.69, 9.17) is 0 Å². The Labute approximate surface area is 114 Å². The van der Waals surface area contributed by atoms with Crippen LogP contribution in [-0.4, -0.2) is 9.78 Å². The standard InChI is InChI=1S/C14H13BrN2O/c1-10(2)9-17-14(18)8-7-13(16-17)11-3-5-12(15)6-4-11/h3-8H,1,9H2,2H3. The van der Waals surface area contributed by atoms with Gasteiger partial charge in [0.1, 0.15) is 0 Å². The fourth-order valence-electron chi connectivity index (χ4n) is 1.59. The molecule has 0 saturated heterocycles. The molecule has 92 valence electrons. The Morgan fingerprint density at radius 2 is 1.94 bits per heavy atom. The molecule has 0 aliphatic heterocycles. The van der Waals surface area contributed by atoms with E-state index in [1.807, 2.05) is 31.2 Å². The van der Waals surface area contributed by atoms with Gasteiger partial charge in [0.15, 0.2) is 0 Å². The first kappa shape index (κ1) is 12.8. The van der Waals surface area contributed by atoms with Crippen molar-refractivity contribution in [2.24, 2.45) is 0 Å². The molecular formula is C14H13BrN2O. The molecule has 1 aromatic heterocycles. The van der Waals surface area contributed by atoms with E-state index < -0.39 is 0 Å². The lowest BCUT2D eigenvalue weighted by Gasteiger charge is -2.06. The average Bonchev–Trinajstić information content (AvgIpc) is 2.32. The molecule has 0 unspecified atom stereocenters. The molecule has 0 fully saturated rings. The number of rotatable bonds is 3. The van der Waals surface area contributed by atoms with Crippen LogP contribution in [0.4, 0.5) is 0 Å². The normalized spacial score (nSPS) is 10.3. The molecule has 0 saturated carbocycles. The molecule has 1 aromatic carbocycles. The summed E-state index contributed by atoms with van der Waals surface area (Å²) in [6, 6.07) is 11.1. The van der Waals surface area contributed by atoms with E-state index in [1.165, 1.54) is 10.7 Å². The summed E-state index contributed by atoms with van der Waals surface area (Å²) in [4.78, 5) is 11.6. The molecule has 0 N–H and O–H groups in total. The minimum Gasteiger partial charge on any atom is -0.268 e. The minimum atomic E-state index is -0.112. The van der Waals surface area contributed by atoms with Gasteiger partial charge in [-0.3, -0.25) is 4.79 Å². The van der Waals surface area contributed by atoms with Crippen LogP contribution in [0.15, 0.2) is 57.8 Å². The van der Waals surface area contributed by atoms with E-state index in [0.29, 0.717) is 6.54 Å². The van der Waals surface area contributed by atoms with Crippen LogP contribution >= 0.6 is 15.9 Å². The molecule has 4 heteroatoms. The van der Waals surface area contributed by atoms with Gasteiger partial charge < -0.3 is 0 Å². The number of hydrogen-bond donors (Lipinski definition) is 0. The molecule has 3 nitrogen and oxygen atoms in total. The Morgan fingerprint density at radius 3 is 2.56 bits per heavy atom. The van der Waals surface area contributed by atoms with Gasteiger partial charge in [-0.25, -0.2) is 4.68 Å². The van der Waals surface area contributed by atoms with Crippen molar-refractivity contribution < 1.29 is 0 Å². The smallest absolute Gasteiger partial charge is 0.267 e. The molecule has 0 aliphatic carbocycles. The van der Waals surface area contributed by atoms with Gasteiger partial charge in [0.2, 0.25) is 0 Å². The lowest BCUT2D eigenvalue weighted by molar-refractivity contribution is 0.636. The van der Waals surface area contributed by atoms with Crippen molar-refractivity contribution >= 4 is 15.9 Å². The highest BCUT2D eigenvalue weighted by atomic mass is 79.9. The van der Waals surface area contributed by atoms with Gasteiger partial charge in [-0.05, 0) is 25.1 Å². The predicted molar refractivity (Wildman–Crippen MR) is 76.4 cm³/mol. The molecule has 0 radical (unpaired) electrons. The maximum absolute atomic E-state index is 11.6. The summed E-state index contributed by atoms with van der Waals surface area (Å²) in [5, 5.41) is 4.34. The van der Waals surface area contributed by atoms with Crippen molar-refractivity contribution in [1.29, 1.82) is 0 Å². The van der Waals surface area contributed by atoms with Crippen molar-refractivity contribution in [2.45, 2.75) is 13.5 Å². The van der Waals surface area contributed by atoms with Crippen LogP contribution in [-0.2, 0) is 6.54 Å². The van der Waals surface area contributed by atoms with E-state index in [1.54, 1.807) is 6.07 Å². The average molecular weight is 305 g/mol. The van der Waals surface area contributed by atoms with Gasteiger partial charge in [0.25, 0.3) is 5.56 Å². The van der Waals surface area contributed by atoms with E-state index in [-0.39, 0.29) is 5.56 Å². The largest absolute Gasteiger partial charge is 0.268 e. The molecule has 0 atom stereocenters. The summed E-state index contributed by atoms with van der Waals surface area (Å²) in [5.41, 5.74) is 2.55. The van der Waals surface area contributed by atoms with Crippen LogP contribution in [0.1, 0.15) is 6.92 Å². The lowest BCUT2D eigenvalue weighted by atomic mass is 10.1. The van der Waals surface area contributed by atoms with Gasteiger partial charge in [-0.15, -0.1) is 0 Å². The van der Waals surface area contributed by atoms with Gasteiger partial charge in [-0.2, -0.15) is 5.10 Å². The summed E-state index contributed by atoms with van der Waals surface area (Å²) < 4.78 is 2.45. The first-order valence-electron chi connectivity index (χ1n) is 5.55. The number of nitrogens with zero attached hydrogens (tertiary/aromatic N) is 2. The van der Waals surface area contributed by atoms with Crippen molar-refractivity contribution in [3.05, 3.63) is 63.4 Å². The maximum atomic E-state index is 11.6. The quantitative estimate of drug-likeness (QED) is 0.816. The van der Waals surface area contributed by atoms with Gasteiger partial charge in [0.05, 0.1) is 12.2 Å². The Kier molecular flexibility index (Phi) is 3.77. The third kappa shape index (κ3) is 2.96. The molecule has 18 heavy (non-hydrogen) atoms. The van der Waals surface area contributed by atoms with Gasteiger partial charge in [-0.1, -0.05) is 40.2 Å². The van der Waals surface area contributed by atoms with Crippen LogP contribution in [0.2, 0.25) is 0 Å². The second kappa shape index (κ2) is 5.31. The number of hydrogen-bond acceptors (Lipinski definition) is 2. The Hall–Kier alpha value is -1.68. The van der Waals surface area contributed by atoms with Crippen molar-refractivity contribution in [2.75, 3.05) is 0 Å². The summed E-state index contributed by atoms with van der Waals surface area (Å²) in [6.07, 6.45) is 0. The molecule has 2 rings (SSSR count). The summed E-state index contributed by atoms with van der Waals surface area (Å²) >= 11 is 3.39. The number of benzene rings is 1. The SMILES string of the molecule is C=C(C)Cn1nc(-c2ccc(Br)cc2)ccc1=O. The Morgan fingerprint density at radius 1 is 1.28 bits per heavy atom. The van der Waals surface area contributed by atoms with Crippen LogP contribution < -0.4 is 5.56 Å². The number of aromatic nitrogens is 2. The van der Waals surface area contributed by atoms with Crippen LogP contribution in [0.5, 0.6) is 0 Å². The monoisotopic (exact) mass is 304 g/mol. The summed E-state index contributed by atoms with van der Waals surface area (Å²) in [7, 11) is 0. The third-order valence-electron chi connectivity index (χ3n) is 2.43. The van der Waals surface area contributed by atoms with Crippen LogP contribution in [0, 0.1) is 0 Å². The molecule has 2 aromatic rings. The highest BCUT2D eigenvalue weighted by Gasteiger charge is 2.03. The zero-order valence-electron chi connectivity index (χ0n) is 10.1.